The molecule has 156 valence electrons. The van der Waals surface area contributed by atoms with Gasteiger partial charge in [-0.15, -0.1) is 19.0 Å². The molecule has 1 N–H and O–H groups in total. The molecule has 1 aromatic carbocycles. The van der Waals surface area contributed by atoms with Crippen molar-refractivity contribution in [2.75, 3.05) is 20.3 Å². The van der Waals surface area contributed by atoms with Gasteiger partial charge in [0, 0.05) is 24.9 Å². The number of halogens is 1. The lowest BCUT2D eigenvalue weighted by atomic mass is 9.87. The highest BCUT2D eigenvalue weighted by atomic mass is 35.5. The van der Waals surface area contributed by atoms with Crippen LogP contribution in [0.4, 0.5) is 0 Å². The number of nitrogens with one attached hydrogen (secondary N) is 1. The molecule has 29 heavy (non-hydrogen) atoms. The van der Waals surface area contributed by atoms with E-state index >= 15 is 0 Å². The van der Waals surface area contributed by atoms with E-state index in [1.807, 2.05) is 6.08 Å². The second-order valence-corrected chi connectivity index (χ2v) is 6.87. The molecule has 0 amide bonds. The molecule has 0 bridgehead atoms. The second-order valence-electron chi connectivity index (χ2n) is 6.87. The van der Waals surface area contributed by atoms with Gasteiger partial charge in [0.25, 0.3) is 0 Å². The van der Waals surface area contributed by atoms with Crippen LogP contribution in [0, 0.1) is 0 Å². The summed E-state index contributed by atoms with van der Waals surface area (Å²) >= 11 is 0. The summed E-state index contributed by atoms with van der Waals surface area (Å²) in [6, 6.07) is 6.78. The van der Waals surface area contributed by atoms with Crippen LogP contribution in [0.1, 0.15) is 47.4 Å². The third-order valence-electron chi connectivity index (χ3n) is 4.95. The van der Waals surface area contributed by atoms with Crippen molar-refractivity contribution in [3.63, 3.8) is 0 Å². The first-order valence-corrected chi connectivity index (χ1v) is 9.66. The Morgan fingerprint density at radius 2 is 2.07 bits per heavy atom. The predicted molar refractivity (Wildman–Crippen MR) is 115 cm³/mol. The quantitative estimate of drug-likeness (QED) is 0.382. The Bertz CT molecular complexity index is 811. The van der Waals surface area contributed by atoms with E-state index in [0.717, 1.165) is 43.5 Å². The molecule has 0 saturated carbocycles. The van der Waals surface area contributed by atoms with Crippen LogP contribution in [0.25, 0.3) is 0 Å². The average molecular weight is 418 g/mol. The zero-order valence-electron chi connectivity index (χ0n) is 16.7. The normalized spacial score (nSPS) is 13.6. The molecule has 1 unspecified atom stereocenters. The molecular weight excluding hydrogens is 390 g/mol. The Morgan fingerprint density at radius 3 is 2.79 bits per heavy atom. The van der Waals surface area contributed by atoms with E-state index in [0.29, 0.717) is 12.6 Å². The largest absolute Gasteiger partial charge is 0.469 e. The number of carbonyl (C=O) groups excluding carboxylic acids is 1. The van der Waals surface area contributed by atoms with E-state index in [2.05, 4.69) is 40.1 Å². The van der Waals surface area contributed by atoms with Crippen molar-refractivity contribution in [3.05, 3.63) is 65.5 Å². The van der Waals surface area contributed by atoms with Gasteiger partial charge in [0.15, 0.2) is 0 Å². The Hall–Kier alpha value is -2.44. The molecular formula is C22H28ClN3O3. The molecule has 2 aromatic rings. The molecule has 1 aliphatic heterocycles. The molecule has 6 nitrogen and oxygen atoms in total. The molecule has 1 aromatic heterocycles. The summed E-state index contributed by atoms with van der Waals surface area (Å²) in [5.41, 5.74) is 4.57. The summed E-state index contributed by atoms with van der Waals surface area (Å²) in [7, 11) is 1.41. The Kier molecular flexibility index (Phi) is 9.09. The van der Waals surface area contributed by atoms with Gasteiger partial charge >= 0.3 is 12.0 Å². The molecule has 1 atom stereocenters. The molecule has 2 heterocycles. The minimum atomic E-state index is -0.259. The number of rotatable bonds is 9. The lowest BCUT2D eigenvalue weighted by Gasteiger charge is -2.21. The maximum atomic E-state index is 12.0. The number of aromatic nitrogens is 2. The van der Waals surface area contributed by atoms with Crippen molar-refractivity contribution in [2.24, 2.45) is 0 Å². The molecule has 3 rings (SSSR count). The number of fused-ring (bicyclic) bond motifs is 1. The predicted octanol–water partition coefficient (Wildman–Crippen LogP) is 3.58. The van der Waals surface area contributed by atoms with Crippen molar-refractivity contribution in [1.82, 2.24) is 15.3 Å². The van der Waals surface area contributed by atoms with E-state index in [1.54, 1.807) is 12.4 Å². The molecule has 0 saturated heterocycles. The molecule has 0 radical (unpaired) electrons. The van der Waals surface area contributed by atoms with E-state index in [-0.39, 0.29) is 30.7 Å². The minimum absolute atomic E-state index is 0. The van der Waals surface area contributed by atoms with Crippen molar-refractivity contribution in [1.29, 1.82) is 0 Å². The number of unbranched alkanes of at least 4 members (excludes halogenated alkanes) is 1. The monoisotopic (exact) mass is 417 g/mol. The topological polar surface area (TPSA) is 73.3 Å². The fourth-order valence-corrected chi connectivity index (χ4v) is 3.37. The van der Waals surface area contributed by atoms with Gasteiger partial charge in [-0.3, -0.25) is 4.79 Å². The lowest BCUT2D eigenvalue weighted by molar-refractivity contribution is -0.140. The summed E-state index contributed by atoms with van der Waals surface area (Å²) in [6.07, 6.45) is 8.38. The zero-order chi connectivity index (χ0) is 19.8. The first-order valence-electron chi connectivity index (χ1n) is 9.66. The van der Waals surface area contributed by atoms with Crippen LogP contribution in [0.15, 0.2) is 43.2 Å². The van der Waals surface area contributed by atoms with Crippen LogP contribution in [0.2, 0.25) is 0 Å². The third kappa shape index (κ3) is 6.27. The van der Waals surface area contributed by atoms with Crippen molar-refractivity contribution in [3.8, 4) is 6.01 Å². The van der Waals surface area contributed by atoms with Gasteiger partial charge in [-0.25, -0.2) is 9.97 Å². The fraction of sp³-hybridized carbons (Fsp3) is 0.409. The standard InChI is InChI=1S/C22H27N3O3.ClH/c1-3-4-5-10-28-22-24-14-19(15-25-22)20(12-21(26)27-2)17-7-6-16-8-9-23-13-18(16)11-17;/h3,6-7,11,14-15,20,23H,1,4-5,8-10,12-13H2,2H3;1H. The molecule has 1 aliphatic rings. The molecule has 0 aliphatic carbocycles. The van der Waals surface area contributed by atoms with Gasteiger partial charge in [-0.1, -0.05) is 24.3 Å². The van der Waals surface area contributed by atoms with Crippen LogP contribution >= 0.6 is 12.4 Å². The summed E-state index contributed by atoms with van der Waals surface area (Å²) in [5.74, 6) is -0.417. The maximum absolute atomic E-state index is 12.0. The van der Waals surface area contributed by atoms with Crippen LogP contribution in [0.5, 0.6) is 6.01 Å². The number of ether oxygens (including phenoxy) is 2. The van der Waals surface area contributed by atoms with Gasteiger partial charge in [0.1, 0.15) is 0 Å². The highest BCUT2D eigenvalue weighted by molar-refractivity contribution is 5.85. The van der Waals surface area contributed by atoms with Gasteiger partial charge < -0.3 is 14.8 Å². The van der Waals surface area contributed by atoms with E-state index in [9.17, 15) is 4.79 Å². The summed E-state index contributed by atoms with van der Waals surface area (Å²) in [5, 5.41) is 3.40. The zero-order valence-corrected chi connectivity index (χ0v) is 17.5. The van der Waals surface area contributed by atoms with Crippen molar-refractivity contribution in [2.45, 2.75) is 38.1 Å². The minimum Gasteiger partial charge on any atom is -0.469 e. The maximum Gasteiger partial charge on any atom is 0.316 e. The molecule has 7 heteroatoms. The number of nitrogens with zero attached hydrogens (tertiary/aromatic N) is 2. The van der Waals surface area contributed by atoms with Gasteiger partial charge in [-0.2, -0.15) is 0 Å². The molecule has 0 spiro atoms. The first kappa shape index (κ1) is 22.8. The number of hydrogen-bond acceptors (Lipinski definition) is 6. The average Bonchev–Trinajstić information content (AvgIpc) is 2.75. The summed E-state index contributed by atoms with van der Waals surface area (Å²) in [6.45, 7) is 6.09. The summed E-state index contributed by atoms with van der Waals surface area (Å²) in [4.78, 5) is 20.7. The lowest BCUT2D eigenvalue weighted by Crippen LogP contribution is -2.24. The number of esters is 1. The van der Waals surface area contributed by atoms with Gasteiger partial charge in [0.05, 0.1) is 20.1 Å². The Balaban J connectivity index is 0.00000300. The number of allylic oxidation sites excluding steroid dienone is 1. The van der Waals surface area contributed by atoms with Crippen molar-refractivity contribution < 1.29 is 14.3 Å². The van der Waals surface area contributed by atoms with E-state index in [1.165, 1.54) is 18.2 Å². The number of benzene rings is 1. The first-order chi connectivity index (χ1) is 13.7. The van der Waals surface area contributed by atoms with Gasteiger partial charge in [0.2, 0.25) is 0 Å². The van der Waals surface area contributed by atoms with Crippen LogP contribution in [-0.4, -0.2) is 36.2 Å². The Labute approximate surface area is 178 Å². The van der Waals surface area contributed by atoms with Crippen molar-refractivity contribution >= 4 is 18.4 Å². The highest BCUT2D eigenvalue weighted by Crippen LogP contribution is 2.30. The Morgan fingerprint density at radius 1 is 1.28 bits per heavy atom. The van der Waals surface area contributed by atoms with E-state index < -0.39 is 0 Å². The van der Waals surface area contributed by atoms with Crippen LogP contribution in [0.3, 0.4) is 0 Å². The second kappa shape index (κ2) is 11.5. The van der Waals surface area contributed by atoms with Crippen LogP contribution < -0.4 is 10.1 Å². The molecule has 0 fully saturated rings. The van der Waals surface area contributed by atoms with Crippen LogP contribution in [-0.2, 0) is 22.5 Å². The number of hydrogen-bond donors (Lipinski definition) is 1. The number of methoxy groups -OCH3 is 1. The van der Waals surface area contributed by atoms with Gasteiger partial charge in [-0.05, 0) is 48.1 Å². The fourth-order valence-electron chi connectivity index (χ4n) is 3.37. The summed E-state index contributed by atoms with van der Waals surface area (Å²) < 4.78 is 10.5. The smallest absolute Gasteiger partial charge is 0.316 e. The highest BCUT2D eigenvalue weighted by Gasteiger charge is 2.21. The SMILES string of the molecule is C=CCCCOc1ncc(C(CC(=O)OC)c2ccc3c(c2)CNCC3)cn1.Cl. The third-order valence-corrected chi connectivity index (χ3v) is 4.95. The number of carbonyl (C=O) groups is 1. The van der Waals surface area contributed by atoms with E-state index in [4.69, 9.17) is 9.47 Å².